The number of nitrogens with one attached hydrogen (secondary N) is 1. The van der Waals surface area contributed by atoms with Crippen molar-refractivity contribution < 1.29 is 0 Å². The SMILES string of the molecule is CCCCSc1nc(NCCC)c(Cl)cc1Cl. The van der Waals surface area contributed by atoms with Crippen molar-refractivity contribution in [3.8, 4) is 0 Å². The van der Waals surface area contributed by atoms with Gasteiger partial charge in [-0.15, -0.1) is 11.8 Å². The van der Waals surface area contributed by atoms with Gasteiger partial charge in [0.25, 0.3) is 0 Å². The fourth-order valence-electron chi connectivity index (χ4n) is 1.23. The van der Waals surface area contributed by atoms with Crippen molar-refractivity contribution in [2.75, 3.05) is 17.6 Å². The van der Waals surface area contributed by atoms with Crippen LogP contribution in [0.3, 0.4) is 0 Å². The zero-order chi connectivity index (χ0) is 12.7. The van der Waals surface area contributed by atoms with Gasteiger partial charge in [-0.2, -0.15) is 0 Å². The molecule has 0 spiro atoms. The van der Waals surface area contributed by atoms with Crippen molar-refractivity contribution in [1.29, 1.82) is 0 Å². The van der Waals surface area contributed by atoms with Gasteiger partial charge in [-0.25, -0.2) is 4.98 Å². The van der Waals surface area contributed by atoms with Crippen molar-refractivity contribution in [3.63, 3.8) is 0 Å². The predicted octanol–water partition coefficient (Wildman–Crippen LogP) is 5.10. The molecule has 0 aliphatic carbocycles. The van der Waals surface area contributed by atoms with Gasteiger partial charge in [0.15, 0.2) is 0 Å². The van der Waals surface area contributed by atoms with E-state index in [0.29, 0.717) is 10.0 Å². The van der Waals surface area contributed by atoms with Gasteiger partial charge in [0.1, 0.15) is 10.8 Å². The molecule has 0 amide bonds. The summed E-state index contributed by atoms with van der Waals surface area (Å²) in [5, 5.41) is 5.29. The van der Waals surface area contributed by atoms with Gasteiger partial charge in [-0.05, 0) is 24.7 Å². The van der Waals surface area contributed by atoms with Crippen LogP contribution in [0.1, 0.15) is 33.1 Å². The van der Waals surface area contributed by atoms with E-state index in [1.807, 2.05) is 0 Å². The van der Waals surface area contributed by atoms with Gasteiger partial charge in [-0.3, -0.25) is 0 Å². The minimum absolute atomic E-state index is 0.586. The summed E-state index contributed by atoms with van der Waals surface area (Å²) >= 11 is 13.9. The number of thioether (sulfide) groups is 1. The lowest BCUT2D eigenvalue weighted by Crippen LogP contribution is -2.03. The third-order valence-electron chi connectivity index (χ3n) is 2.18. The number of hydrogen-bond donors (Lipinski definition) is 1. The molecule has 1 rings (SSSR count). The molecule has 5 heteroatoms. The second-order valence-corrected chi connectivity index (χ2v) is 5.63. The highest BCUT2D eigenvalue weighted by Crippen LogP contribution is 2.32. The summed E-state index contributed by atoms with van der Waals surface area (Å²) in [4.78, 5) is 4.47. The van der Waals surface area contributed by atoms with Crippen LogP contribution in [0.5, 0.6) is 0 Å². The van der Waals surface area contributed by atoms with E-state index in [1.165, 1.54) is 12.8 Å². The number of unbranched alkanes of at least 4 members (excludes halogenated alkanes) is 1. The minimum atomic E-state index is 0.586. The first kappa shape index (κ1) is 14.9. The fraction of sp³-hybridized carbons (Fsp3) is 0.583. The minimum Gasteiger partial charge on any atom is -0.369 e. The number of aromatic nitrogens is 1. The Bertz CT molecular complexity index is 359. The summed E-state index contributed by atoms with van der Waals surface area (Å²) in [6.45, 7) is 5.15. The summed E-state index contributed by atoms with van der Waals surface area (Å²) in [5.41, 5.74) is 0. The van der Waals surface area contributed by atoms with Crippen LogP contribution in [-0.2, 0) is 0 Å². The zero-order valence-electron chi connectivity index (χ0n) is 10.2. The van der Waals surface area contributed by atoms with Crippen LogP contribution in [0.15, 0.2) is 11.1 Å². The Hall–Kier alpha value is -0.120. The van der Waals surface area contributed by atoms with E-state index in [-0.39, 0.29) is 0 Å². The first-order valence-corrected chi connectivity index (χ1v) is 7.65. The lowest BCUT2D eigenvalue weighted by Gasteiger charge is -2.10. The van der Waals surface area contributed by atoms with Gasteiger partial charge in [0.2, 0.25) is 0 Å². The van der Waals surface area contributed by atoms with Gasteiger partial charge in [0, 0.05) is 6.54 Å². The number of hydrogen-bond acceptors (Lipinski definition) is 3. The van der Waals surface area contributed by atoms with Crippen LogP contribution >= 0.6 is 35.0 Å². The van der Waals surface area contributed by atoms with E-state index < -0.39 is 0 Å². The predicted molar refractivity (Wildman–Crippen MR) is 78.7 cm³/mol. The van der Waals surface area contributed by atoms with Crippen LogP contribution in [0.4, 0.5) is 5.82 Å². The van der Waals surface area contributed by atoms with Crippen LogP contribution in [0.25, 0.3) is 0 Å². The Balaban J connectivity index is 2.74. The van der Waals surface area contributed by atoms with E-state index in [9.17, 15) is 0 Å². The van der Waals surface area contributed by atoms with Gasteiger partial charge in [-0.1, -0.05) is 43.5 Å². The Kier molecular flexibility index (Phi) is 7.09. The number of anilines is 1. The number of nitrogens with zero attached hydrogens (tertiary/aromatic N) is 1. The van der Waals surface area contributed by atoms with Gasteiger partial charge < -0.3 is 5.32 Å². The molecule has 17 heavy (non-hydrogen) atoms. The summed E-state index contributed by atoms with van der Waals surface area (Å²) in [6.07, 6.45) is 3.39. The molecule has 0 bridgehead atoms. The average molecular weight is 293 g/mol. The maximum absolute atomic E-state index is 6.12. The molecular formula is C12H18Cl2N2S. The molecule has 0 fully saturated rings. The van der Waals surface area contributed by atoms with Gasteiger partial charge >= 0.3 is 0 Å². The van der Waals surface area contributed by atoms with E-state index in [1.54, 1.807) is 17.8 Å². The molecule has 0 saturated carbocycles. The molecule has 0 radical (unpaired) electrons. The Morgan fingerprint density at radius 2 is 2.00 bits per heavy atom. The van der Waals surface area contributed by atoms with Crippen LogP contribution in [0, 0.1) is 0 Å². The highest BCUT2D eigenvalue weighted by atomic mass is 35.5. The molecule has 0 atom stereocenters. The molecule has 0 aromatic carbocycles. The Morgan fingerprint density at radius 3 is 2.65 bits per heavy atom. The highest BCUT2D eigenvalue weighted by Gasteiger charge is 2.09. The largest absolute Gasteiger partial charge is 0.369 e. The Morgan fingerprint density at radius 1 is 1.24 bits per heavy atom. The Labute approximate surface area is 117 Å². The molecule has 1 N–H and O–H groups in total. The number of pyridine rings is 1. The highest BCUT2D eigenvalue weighted by molar-refractivity contribution is 7.99. The monoisotopic (exact) mass is 292 g/mol. The molecule has 0 aliphatic rings. The second-order valence-electron chi connectivity index (χ2n) is 3.73. The zero-order valence-corrected chi connectivity index (χ0v) is 12.6. The molecule has 0 aliphatic heterocycles. The topological polar surface area (TPSA) is 24.9 Å². The van der Waals surface area contributed by atoms with Crippen molar-refractivity contribution >= 4 is 40.8 Å². The van der Waals surface area contributed by atoms with Crippen LogP contribution < -0.4 is 5.32 Å². The fourth-order valence-corrected chi connectivity index (χ4v) is 2.80. The molecule has 96 valence electrons. The number of halogens is 2. The van der Waals surface area contributed by atoms with E-state index in [0.717, 1.165) is 29.6 Å². The standard InChI is InChI=1S/C12H18Cl2N2S/c1-3-5-7-17-12-10(14)8-9(13)11(16-12)15-6-4-2/h8H,3-7H2,1-2H3,(H,15,16). The first-order chi connectivity index (χ1) is 8.19. The van der Waals surface area contributed by atoms with Crippen molar-refractivity contribution in [2.24, 2.45) is 0 Å². The maximum atomic E-state index is 6.12. The summed E-state index contributed by atoms with van der Waals surface area (Å²) in [5.74, 6) is 1.77. The maximum Gasteiger partial charge on any atom is 0.146 e. The third kappa shape index (κ3) is 4.94. The first-order valence-electron chi connectivity index (χ1n) is 5.91. The second kappa shape index (κ2) is 8.06. The quantitative estimate of drug-likeness (QED) is 0.559. The summed E-state index contributed by atoms with van der Waals surface area (Å²) in [7, 11) is 0. The average Bonchev–Trinajstić information content (AvgIpc) is 2.31. The smallest absolute Gasteiger partial charge is 0.146 e. The third-order valence-corrected chi connectivity index (χ3v) is 3.94. The van der Waals surface area contributed by atoms with E-state index in [2.05, 4.69) is 24.1 Å². The van der Waals surface area contributed by atoms with Crippen LogP contribution in [0.2, 0.25) is 10.0 Å². The molecule has 1 heterocycles. The summed E-state index contributed by atoms with van der Waals surface area (Å²) in [6, 6.07) is 1.77. The van der Waals surface area contributed by atoms with Crippen molar-refractivity contribution in [1.82, 2.24) is 4.98 Å². The molecule has 0 unspecified atom stereocenters. The normalized spacial score (nSPS) is 10.6. The van der Waals surface area contributed by atoms with E-state index >= 15 is 0 Å². The van der Waals surface area contributed by atoms with E-state index in [4.69, 9.17) is 23.2 Å². The number of rotatable bonds is 7. The lowest BCUT2D eigenvalue weighted by atomic mass is 10.4. The van der Waals surface area contributed by atoms with Crippen molar-refractivity contribution in [2.45, 2.75) is 38.1 Å². The molecule has 2 nitrogen and oxygen atoms in total. The lowest BCUT2D eigenvalue weighted by molar-refractivity contribution is 0.894. The molecule has 0 saturated heterocycles. The van der Waals surface area contributed by atoms with Crippen LogP contribution in [-0.4, -0.2) is 17.3 Å². The summed E-state index contributed by atoms with van der Waals surface area (Å²) < 4.78 is 0. The molecule has 1 aromatic heterocycles. The molecular weight excluding hydrogens is 275 g/mol. The molecule has 1 aromatic rings. The van der Waals surface area contributed by atoms with Gasteiger partial charge in [0.05, 0.1) is 10.0 Å². The van der Waals surface area contributed by atoms with Crippen molar-refractivity contribution in [3.05, 3.63) is 16.1 Å².